The molecule has 2 amide bonds. The smallest absolute Gasteiger partial charge is 0.232 e. The van der Waals surface area contributed by atoms with E-state index in [-0.39, 0.29) is 48.5 Å². The number of anilines is 2. The third kappa shape index (κ3) is 8.28. The van der Waals surface area contributed by atoms with Gasteiger partial charge in [0.25, 0.3) is 0 Å². The summed E-state index contributed by atoms with van der Waals surface area (Å²) < 4.78 is 22.3. The van der Waals surface area contributed by atoms with Crippen LogP contribution in [0.2, 0.25) is 0 Å². The summed E-state index contributed by atoms with van der Waals surface area (Å²) in [6, 6.07) is 1.78. The van der Waals surface area contributed by atoms with Gasteiger partial charge >= 0.3 is 0 Å². The average molecular weight is 583 g/mol. The first kappa shape index (κ1) is 32.5. The van der Waals surface area contributed by atoms with Gasteiger partial charge in [-0.1, -0.05) is 41.5 Å². The van der Waals surface area contributed by atoms with Gasteiger partial charge in [-0.3, -0.25) is 19.7 Å². The van der Waals surface area contributed by atoms with Crippen LogP contribution < -0.4 is 24.8 Å². The molecule has 2 N–H and O–H groups in total. The molecule has 0 atom stereocenters. The molecule has 11 nitrogen and oxygen atoms in total. The molecule has 1 aromatic heterocycles. The minimum atomic E-state index is -0.710. The lowest BCUT2D eigenvalue weighted by molar-refractivity contribution is -0.123. The molecule has 0 saturated heterocycles. The maximum atomic E-state index is 13.0. The minimum Gasteiger partial charge on any atom is -0.493 e. The van der Waals surface area contributed by atoms with Crippen molar-refractivity contribution in [3.8, 4) is 17.2 Å². The van der Waals surface area contributed by atoms with E-state index in [1.807, 2.05) is 0 Å². The molecule has 1 heterocycles. The fourth-order valence-electron chi connectivity index (χ4n) is 3.78. The molecule has 0 spiro atoms. The van der Waals surface area contributed by atoms with Crippen molar-refractivity contribution in [2.45, 2.75) is 60.8 Å². The lowest BCUT2D eigenvalue weighted by Gasteiger charge is -2.22. The van der Waals surface area contributed by atoms with Crippen molar-refractivity contribution in [3.63, 3.8) is 0 Å². The van der Waals surface area contributed by atoms with Crippen LogP contribution >= 0.6 is 0 Å². The fourth-order valence-corrected chi connectivity index (χ4v) is 3.78. The number of hydrogen-bond acceptors (Lipinski definition) is 9. The molecule has 228 valence electrons. The number of benzene rings is 1. The molecule has 1 aliphatic carbocycles. The lowest BCUT2D eigenvalue weighted by Crippen LogP contribution is -2.30. The van der Waals surface area contributed by atoms with Gasteiger partial charge in [0.05, 0.1) is 14.2 Å². The van der Waals surface area contributed by atoms with Gasteiger partial charge in [0, 0.05) is 47.6 Å². The first-order valence-corrected chi connectivity index (χ1v) is 13.8. The summed E-state index contributed by atoms with van der Waals surface area (Å²) in [4.78, 5) is 47.1. The van der Waals surface area contributed by atoms with Crippen LogP contribution in [0.5, 0.6) is 17.2 Å². The van der Waals surface area contributed by atoms with Crippen molar-refractivity contribution in [1.29, 1.82) is 0 Å². The van der Waals surface area contributed by atoms with Gasteiger partial charge in [0.2, 0.25) is 23.5 Å². The number of amides is 2. The maximum Gasteiger partial charge on any atom is 0.232 e. The molecule has 1 aliphatic rings. The predicted octanol–water partition coefficient (Wildman–Crippen LogP) is 5.03. The van der Waals surface area contributed by atoms with Gasteiger partial charge < -0.3 is 24.3 Å². The zero-order chi connectivity index (χ0) is 31.2. The summed E-state index contributed by atoms with van der Waals surface area (Å²) in [5.41, 5.74) is 0.457. The van der Waals surface area contributed by atoms with Crippen LogP contribution in [0, 0.1) is 16.7 Å². The van der Waals surface area contributed by atoms with Crippen molar-refractivity contribution in [2.24, 2.45) is 16.7 Å². The number of nitrogens with zero attached hydrogens (tertiary/aromatic N) is 2. The summed E-state index contributed by atoms with van der Waals surface area (Å²) >= 11 is 0. The number of rotatable bonds is 12. The zero-order valence-corrected chi connectivity index (χ0v) is 26.0. The highest BCUT2D eigenvalue weighted by atomic mass is 16.7. The summed E-state index contributed by atoms with van der Waals surface area (Å²) in [6.45, 7) is 10.6. The van der Waals surface area contributed by atoms with Crippen LogP contribution in [0.4, 0.5) is 11.8 Å². The van der Waals surface area contributed by atoms with E-state index in [9.17, 15) is 14.4 Å². The van der Waals surface area contributed by atoms with Crippen LogP contribution in [0.3, 0.4) is 0 Å². The number of allylic oxidation sites excluding steroid dienone is 1. The Labute approximate surface area is 247 Å². The second-order valence-corrected chi connectivity index (χ2v) is 12.2. The van der Waals surface area contributed by atoms with E-state index in [0.717, 1.165) is 12.8 Å². The zero-order valence-electron chi connectivity index (χ0n) is 26.0. The van der Waals surface area contributed by atoms with E-state index in [1.54, 1.807) is 66.0 Å². The van der Waals surface area contributed by atoms with E-state index in [2.05, 4.69) is 20.6 Å². The Kier molecular flexibility index (Phi) is 10.3. The second kappa shape index (κ2) is 13.3. The number of nitrogens with one attached hydrogen (secondary N) is 2. The molecular formula is C31H42N4O7. The summed E-state index contributed by atoms with van der Waals surface area (Å²) in [5.74, 6) is 0.933. The molecule has 0 unspecified atom stereocenters. The highest BCUT2D eigenvalue weighted by Crippen LogP contribution is 2.44. The summed E-state index contributed by atoms with van der Waals surface area (Å²) in [7, 11) is 4.51. The highest BCUT2D eigenvalue weighted by Gasteiger charge is 2.29. The van der Waals surface area contributed by atoms with Gasteiger partial charge in [-0.2, -0.15) is 4.98 Å². The molecule has 42 heavy (non-hydrogen) atoms. The monoisotopic (exact) mass is 582 g/mol. The molecule has 0 aliphatic heterocycles. The van der Waals surface area contributed by atoms with E-state index >= 15 is 0 Å². The topological polar surface area (TPSA) is 138 Å². The third-order valence-corrected chi connectivity index (χ3v) is 6.53. The molecule has 2 aromatic rings. The van der Waals surface area contributed by atoms with Crippen molar-refractivity contribution in [3.05, 3.63) is 35.0 Å². The number of methoxy groups -OCH3 is 3. The summed E-state index contributed by atoms with van der Waals surface area (Å²) in [6.07, 6.45) is 6.77. The number of ketones is 1. The van der Waals surface area contributed by atoms with Crippen molar-refractivity contribution in [2.75, 3.05) is 38.8 Å². The number of hydrogen-bond donors (Lipinski definition) is 2. The molecule has 0 radical (unpaired) electrons. The Bertz CT molecular complexity index is 1350. The molecule has 3 rings (SSSR count). The van der Waals surface area contributed by atoms with Crippen molar-refractivity contribution >= 4 is 35.4 Å². The number of aromatic nitrogens is 2. The van der Waals surface area contributed by atoms with Gasteiger partial charge in [-0.05, 0) is 36.6 Å². The molecule has 1 aromatic carbocycles. The Morgan fingerprint density at radius 2 is 1.57 bits per heavy atom. The van der Waals surface area contributed by atoms with Crippen molar-refractivity contribution < 1.29 is 33.3 Å². The first-order valence-electron chi connectivity index (χ1n) is 13.8. The maximum absolute atomic E-state index is 13.0. The van der Waals surface area contributed by atoms with E-state index in [1.165, 1.54) is 21.3 Å². The van der Waals surface area contributed by atoms with Crippen LogP contribution in [0.25, 0.3) is 6.08 Å². The first-order chi connectivity index (χ1) is 19.7. The Morgan fingerprint density at radius 1 is 0.929 bits per heavy atom. The van der Waals surface area contributed by atoms with Gasteiger partial charge in [0.1, 0.15) is 5.82 Å². The Balaban J connectivity index is 2.16. The predicted molar refractivity (Wildman–Crippen MR) is 160 cm³/mol. The van der Waals surface area contributed by atoms with Crippen LogP contribution in [-0.2, 0) is 25.5 Å². The minimum absolute atomic E-state index is 0.0360. The lowest BCUT2D eigenvalue weighted by atomic mass is 9.95. The largest absolute Gasteiger partial charge is 0.493 e. The number of ether oxygens (including phenoxy) is 4. The average Bonchev–Trinajstić information content (AvgIpc) is 3.76. The number of carbonyl (C=O) groups is 3. The molecule has 1 saturated carbocycles. The normalized spacial score (nSPS) is 13.5. The standard InChI is InChI=1S/C31H42N4O7/c1-30(2,3)27(37)33-26-20(16-32-29(34-26)35-28(38)31(4,5)6)14-19-15-23(40-8)25(41-9)24(42-17-39-7)21(19)12-13-22(36)18-10-11-18/h12-13,15-16,18H,10-11,14,17H2,1-9H3,(H2,32,33,34,35,37,38). The highest BCUT2D eigenvalue weighted by molar-refractivity contribution is 5.98. The molecule has 11 heteroatoms. The van der Waals surface area contributed by atoms with Crippen molar-refractivity contribution in [1.82, 2.24) is 9.97 Å². The van der Waals surface area contributed by atoms with E-state index < -0.39 is 10.8 Å². The second-order valence-electron chi connectivity index (χ2n) is 12.2. The van der Waals surface area contributed by atoms with Crippen LogP contribution in [0.1, 0.15) is 71.1 Å². The van der Waals surface area contributed by atoms with Crippen LogP contribution in [-0.4, -0.2) is 55.7 Å². The quantitative estimate of drug-likeness (QED) is 0.261. The van der Waals surface area contributed by atoms with Crippen LogP contribution in [0.15, 0.2) is 18.3 Å². The van der Waals surface area contributed by atoms with E-state index in [0.29, 0.717) is 33.9 Å². The third-order valence-electron chi connectivity index (χ3n) is 6.53. The number of carbonyl (C=O) groups excluding carboxylic acids is 3. The van der Waals surface area contributed by atoms with Gasteiger partial charge in [-0.25, -0.2) is 4.98 Å². The van der Waals surface area contributed by atoms with Gasteiger partial charge in [0.15, 0.2) is 24.1 Å². The summed E-state index contributed by atoms with van der Waals surface area (Å²) in [5, 5.41) is 5.62. The molecule has 0 bridgehead atoms. The SMILES string of the molecule is COCOc1c(C=CC(=O)C2CC2)c(Cc2cnc(NC(=O)C(C)(C)C)nc2NC(=O)C(C)(C)C)cc(OC)c1OC. The fraction of sp³-hybridized carbons (Fsp3) is 0.516. The molecular weight excluding hydrogens is 540 g/mol. The van der Waals surface area contributed by atoms with E-state index in [4.69, 9.17) is 18.9 Å². The Morgan fingerprint density at radius 3 is 2.12 bits per heavy atom. The Hall–Kier alpha value is -3.99. The molecule has 1 fully saturated rings. The van der Waals surface area contributed by atoms with Gasteiger partial charge in [-0.15, -0.1) is 0 Å².